The SMILES string of the molecule is CCCOc1cccnc1NC(=O)Cc1nnnn1C. The lowest BCUT2D eigenvalue weighted by atomic mass is 10.3. The number of ether oxygens (including phenoxy) is 1. The lowest BCUT2D eigenvalue weighted by Crippen LogP contribution is -2.18. The molecule has 0 spiro atoms. The van der Waals surface area contributed by atoms with Gasteiger partial charge in [0.15, 0.2) is 17.4 Å². The summed E-state index contributed by atoms with van der Waals surface area (Å²) in [4.78, 5) is 16.1. The second-order valence-corrected chi connectivity index (χ2v) is 4.14. The topological polar surface area (TPSA) is 94.8 Å². The Balaban J connectivity index is 2.02. The van der Waals surface area contributed by atoms with Gasteiger partial charge in [-0.25, -0.2) is 9.67 Å². The molecule has 2 aromatic heterocycles. The highest BCUT2D eigenvalue weighted by Gasteiger charge is 2.12. The number of amides is 1. The van der Waals surface area contributed by atoms with Gasteiger partial charge in [-0.2, -0.15) is 0 Å². The van der Waals surface area contributed by atoms with Crippen LogP contribution in [0.3, 0.4) is 0 Å². The predicted octanol–water partition coefficient (Wildman–Crippen LogP) is 0.575. The van der Waals surface area contributed by atoms with Gasteiger partial charge in [-0.05, 0) is 29.0 Å². The molecule has 0 aliphatic rings. The number of pyridine rings is 1. The van der Waals surface area contributed by atoms with Crippen molar-refractivity contribution in [2.75, 3.05) is 11.9 Å². The van der Waals surface area contributed by atoms with Gasteiger partial charge in [-0.3, -0.25) is 4.79 Å². The third-order valence-electron chi connectivity index (χ3n) is 2.52. The quantitative estimate of drug-likeness (QED) is 0.829. The van der Waals surface area contributed by atoms with Crippen molar-refractivity contribution in [3.05, 3.63) is 24.2 Å². The molecule has 0 saturated heterocycles. The second kappa shape index (κ2) is 6.60. The number of carbonyl (C=O) groups is 1. The second-order valence-electron chi connectivity index (χ2n) is 4.14. The summed E-state index contributed by atoms with van der Waals surface area (Å²) < 4.78 is 6.97. The van der Waals surface area contributed by atoms with Crippen molar-refractivity contribution in [3.63, 3.8) is 0 Å². The average molecular weight is 276 g/mol. The van der Waals surface area contributed by atoms with Crippen LogP contribution in [0.4, 0.5) is 5.82 Å². The third kappa shape index (κ3) is 3.50. The maximum atomic E-state index is 11.9. The maximum Gasteiger partial charge on any atom is 0.233 e. The van der Waals surface area contributed by atoms with Gasteiger partial charge in [0.1, 0.15) is 0 Å². The van der Waals surface area contributed by atoms with E-state index < -0.39 is 0 Å². The number of carbonyl (C=O) groups excluding carboxylic acids is 1. The zero-order valence-corrected chi connectivity index (χ0v) is 11.4. The highest BCUT2D eigenvalue weighted by Crippen LogP contribution is 2.21. The predicted molar refractivity (Wildman–Crippen MR) is 71.2 cm³/mol. The van der Waals surface area contributed by atoms with Crippen LogP contribution in [-0.2, 0) is 18.3 Å². The van der Waals surface area contributed by atoms with Gasteiger partial charge in [-0.1, -0.05) is 6.92 Å². The molecule has 20 heavy (non-hydrogen) atoms. The van der Waals surface area contributed by atoms with E-state index in [1.807, 2.05) is 6.92 Å². The van der Waals surface area contributed by atoms with Crippen LogP contribution in [0.1, 0.15) is 19.2 Å². The number of anilines is 1. The van der Waals surface area contributed by atoms with Gasteiger partial charge in [0, 0.05) is 13.2 Å². The van der Waals surface area contributed by atoms with Gasteiger partial charge in [-0.15, -0.1) is 5.10 Å². The van der Waals surface area contributed by atoms with E-state index in [2.05, 4.69) is 25.8 Å². The van der Waals surface area contributed by atoms with Crippen LogP contribution in [0.25, 0.3) is 0 Å². The summed E-state index contributed by atoms with van der Waals surface area (Å²) in [5, 5.41) is 13.6. The summed E-state index contributed by atoms with van der Waals surface area (Å²) in [7, 11) is 1.68. The van der Waals surface area contributed by atoms with Crippen LogP contribution < -0.4 is 10.1 Å². The lowest BCUT2D eigenvalue weighted by molar-refractivity contribution is -0.115. The molecule has 0 atom stereocenters. The maximum absolute atomic E-state index is 11.9. The first-order valence-electron chi connectivity index (χ1n) is 6.29. The Labute approximate surface area is 116 Å². The van der Waals surface area contributed by atoms with E-state index in [1.54, 1.807) is 25.4 Å². The Morgan fingerprint density at radius 3 is 3.05 bits per heavy atom. The van der Waals surface area contributed by atoms with E-state index in [0.29, 0.717) is 24.0 Å². The van der Waals surface area contributed by atoms with E-state index in [9.17, 15) is 4.79 Å². The molecule has 8 heteroatoms. The van der Waals surface area contributed by atoms with Crippen molar-refractivity contribution in [2.45, 2.75) is 19.8 Å². The summed E-state index contributed by atoms with van der Waals surface area (Å²) in [6.07, 6.45) is 2.55. The molecule has 2 heterocycles. The fraction of sp³-hybridized carbons (Fsp3) is 0.417. The fourth-order valence-electron chi connectivity index (χ4n) is 1.53. The molecule has 0 aliphatic carbocycles. The molecule has 8 nitrogen and oxygen atoms in total. The Morgan fingerprint density at radius 2 is 2.35 bits per heavy atom. The molecule has 2 aromatic rings. The van der Waals surface area contributed by atoms with Crippen molar-refractivity contribution in [2.24, 2.45) is 7.05 Å². The first-order chi connectivity index (χ1) is 9.70. The van der Waals surface area contributed by atoms with E-state index in [0.717, 1.165) is 6.42 Å². The van der Waals surface area contributed by atoms with Gasteiger partial charge in [0.2, 0.25) is 5.91 Å². The van der Waals surface area contributed by atoms with Gasteiger partial charge < -0.3 is 10.1 Å². The Kier molecular flexibility index (Phi) is 4.59. The summed E-state index contributed by atoms with van der Waals surface area (Å²) >= 11 is 0. The average Bonchev–Trinajstić information content (AvgIpc) is 2.83. The molecule has 2 rings (SSSR count). The molecule has 1 amide bonds. The van der Waals surface area contributed by atoms with Crippen LogP contribution in [0.2, 0.25) is 0 Å². The molecule has 1 N–H and O–H groups in total. The number of aromatic nitrogens is 5. The van der Waals surface area contributed by atoms with Crippen LogP contribution in [0.5, 0.6) is 5.75 Å². The van der Waals surface area contributed by atoms with Crippen LogP contribution in [0.15, 0.2) is 18.3 Å². The highest BCUT2D eigenvalue weighted by molar-refractivity contribution is 5.92. The summed E-state index contributed by atoms with van der Waals surface area (Å²) in [5.41, 5.74) is 0. The molecule has 0 aliphatic heterocycles. The van der Waals surface area contributed by atoms with Crippen molar-refractivity contribution in [1.29, 1.82) is 0 Å². The first-order valence-corrected chi connectivity index (χ1v) is 6.29. The van der Waals surface area contributed by atoms with Crippen molar-refractivity contribution in [1.82, 2.24) is 25.2 Å². The van der Waals surface area contributed by atoms with E-state index >= 15 is 0 Å². The van der Waals surface area contributed by atoms with Gasteiger partial charge in [0.25, 0.3) is 0 Å². The smallest absolute Gasteiger partial charge is 0.233 e. The number of tetrazole rings is 1. The standard InChI is InChI=1S/C12H16N6O2/c1-3-7-20-9-5-4-6-13-12(9)14-11(19)8-10-15-16-17-18(10)2/h4-6H,3,7-8H2,1-2H3,(H,13,14,19). The molecular formula is C12H16N6O2. The highest BCUT2D eigenvalue weighted by atomic mass is 16.5. The number of hydrogen-bond acceptors (Lipinski definition) is 6. The Hall–Kier alpha value is -2.51. The van der Waals surface area contributed by atoms with Crippen molar-refractivity contribution >= 4 is 11.7 Å². The largest absolute Gasteiger partial charge is 0.490 e. The van der Waals surface area contributed by atoms with Crippen molar-refractivity contribution < 1.29 is 9.53 Å². The molecule has 0 bridgehead atoms. The number of nitrogens with one attached hydrogen (secondary N) is 1. The number of hydrogen-bond donors (Lipinski definition) is 1. The normalized spacial score (nSPS) is 10.3. The molecule has 106 valence electrons. The zero-order valence-electron chi connectivity index (χ0n) is 11.4. The first kappa shape index (κ1) is 13.9. The van der Waals surface area contributed by atoms with Crippen LogP contribution in [0, 0.1) is 0 Å². The van der Waals surface area contributed by atoms with Crippen molar-refractivity contribution in [3.8, 4) is 5.75 Å². The summed E-state index contributed by atoms with van der Waals surface area (Å²) in [5.74, 6) is 1.19. The monoisotopic (exact) mass is 276 g/mol. The fourth-order valence-corrected chi connectivity index (χ4v) is 1.53. The molecule has 0 unspecified atom stereocenters. The minimum atomic E-state index is -0.247. The summed E-state index contributed by atoms with van der Waals surface area (Å²) in [6, 6.07) is 3.52. The van der Waals surface area contributed by atoms with Crippen LogP contribution >= 0.6 is 0 Å². The minimum absolute atomic E-state index is 0.0767. The van der Waals surface area contributed by atoms with Gasteiger partial charge in [0.05, 0.1) is 13.0 Å². The number of nitrogens with zero attached hydrogens (tertiary/aromatic N) is 5. The third-order valence-corrected chi connectivity index (χ3v) is 2.52. The Morgan fingerprint density at radius 1 is 1.50 bits per heavy atom. The van der Waals surface area contributed by atoms with Gasteiger partial charge >= 0.3 is 0 Å². The summed E-state index contributed by atoms with van der Waals surface area (Å²) in [6.45, 7) is 2.58. The molecular weight excluding hydrogens is 260 g/mol. The van der Waals surface area contributed by atoms with E-state index in [4.69, 9.17) is 4.74 Å². The van der Waals surface area contributed by atoms with Crippen LogP contribution in [-0.4, -0.2) is 37.7 Å². The van der Waals surface area contributed by atoms with E-state index in [1.165, 1.54) is 4.68 Å². The molecule has 0 saturated carbocycles. The minimum Gasteiger partial charge on any atom is -0.490 e. The molecule has 0 fully saturated rings. The molecule has 0 radical (unpaired) electrons. The lowest BCUT2D eigenvalue weighted by Gasteiger charge is -2.10. The Bertz CT molecular complexity index is 583. The zero-order chi connectivity index (χ0) is 14.4. The number of aryl methyl sites for hydroxylation is 1. The number of rotatable bonds is 6. The van der Waals surface area contributed by atoms with E-state index in [-0.39, 0.29) is 12.3 Å². The molecule has 0 aromatic carbocycles.